The van der Waals surface area contributed by atoms with Crippen LogP contribution in [0.25, 0.3) is 10.9 Å². The van der Waals surface area contributed by atoms with Crippen molar-refractivity contribution in [3.8, 4) is 0 Å². The molecule has 0 bridgehead atoms. The van der Waals surface area contributed by atoms with E-state index in [2.05, 4.69) is 29.6 Å². The Hall–Kier alpha value is -1.35. The monoisotopic (exact) mass is 243 g/mol. The van der Waals surface area contributed by atoms with Gasteiger partial charge in [0.05, 0.1) is 11.2 Å². The fourth-order valence-electron chi connectivity index (χ4n) is 2.95. The molecule has 1 saturated heterocycles. The molecule has 3 rings (SSSR count). The van der Waals surface area contributed by atoms with Crippen molar-refractivity contribution in [1.82, 2.24) is 15.1 Å². The van der Waals surface area contributed by atoms with E-state index in [1.165, 1.54) is 42.3 Å². The molecule has 0 saturated carbocycles. The van der Waals surface area contributed by atoms with Crippen LogP contribution in [-0.4, -0.2) is 22.4 Å². The molecular weight excluding hydrogens is 222 g/mol. The average molecular weight is 243 g/mol. The van der Waals surface area contributed by atoms with Crippen LogP contribution in [0.1, 0.15) is 31.4 Å². The number of hydrogen-bond acceptors (Lipinski definition) is 2. The minimum Gasteiger partial charge on any atom is -0.314 e. The maximum Gasteiger partial charge on any atom is 0.0718 e. The van der Waals surface area contributed by atoms with E-state index in [-0.39, 0.29) is 0 Å². The van der Waals surface area contributed by atoms with Crippen LogP contribution >= 0.6 is 0 Å². The Morgan fingerprint density at radius 2 is 2.17 bits per heavy atom. The second kappa shape index (κ2) is 5.11. The molecule has 0 aliphatic carbocycles. The van der Waals surface area contributed by atoms with Gasteiger partial charge in [-0.3, -0.25) is 4.68 Å². The Balaban J connectivity index is 1.85. The summed E-state index contributed by atoms with van der Waals surface area (Å²) in [5, 5.41) is 9.66. The summed E-state index contributed by atoms with van der Waals surface area (Å²) in [5.74, 6) is 0. The lowest BCUT2D eigenvalue weighted by atomic mass is 10.0. The molecule has 1 N–H and O–H groups in total. The highest BCUT2D eigenvalue weighted by atomic mass is 15.3. The van der Waals surface area contributed by atoms with E-state index in [4.69, 9.17) is 5.10 Å². The summed E-state index contributed by atoms with van der Waals surface area (Å²) >= 11 is 0. The van der Waals surface area contributed by atoms with E-state index >= 15 is 0 Å². The van der Waals surface area contributed by atoms with Crippen LogP contribution in [0.5, 0.6) is 0 Å². The molecule has 1 aliphatic heterocycles. The SMILES string of the molecule is Cn1nc(CC2CCCCCN2)c2ccccc21. The Labute approximate surface area is 108 Å². The quantitative estimate of drug-likeness (QED) is 0.878. The van der Waals surface area contributed by atoms with Crippen LogP contribution in [0.15, 0.2) is 24.3 Å². The number of para-hydroxylation sites is 1. The molecule has 0 spiro atoms. The minimum absolute atomic E-state index is 0.603. The maximum absolute atomic E-state index is 4.69. The van der Waals surface area contributed by atoms with Crippen molar-refractivity contribution in [2.24, 2.45) is 7.05 Å². The normalized spacial score (nSPS) is 21.1. The van der Waals surface area contributed by atoms with Crippen molar-refractivity contribution in [2.75, 3.05) is 6.54 Å². The van der Waals surface area contributed by atoms with E-state index in [1.54, 1.807) is 0 Å². The Bertz CT molecular complexity index is 522. The number of nitrogens with one attached hydrogen (secondary N) is 1. The van der Waals surface area contributed by atoms with Crippen LogP contribution in [0.2, 0.25) is 0 Å². The second-order valence-electron chi connectivity index (χ2n) is 5.29. The first-order chi connectivity index (χ1) is 8.84. The van der Waals surface area contributed by atoms with Gasteiger partial charge in [-0.15, -0.1) is 0 Å². The van der Waals surface area contributed by atoms with Crippen molar-refractivity contribution in [3.63, 3.8) is 0 Å². The maximum atomic E-state index is 4.69. The molecule has 1 unspecified atom stereocenters. The molecule has 96 valence electrons. The van der Waals surface area contributed by atoms with Crippen molar-refractivity contribution < 1.29 is 0 Å². The number of aryl methyl sites for hydroxylation is 1. The average Bonchev–Trinajstić information content (AvgIpc) is 2.58. The molecule has 1 aromatic carbocycles. The number of rotatable bonds is 2. The van der Waals surface area contributed by atoms with Crippen molar-refractivity contribution in [1.29, 1.82) is 0 Å². The van der Waals surface area contributed by atoms with Crippen molar-refractivity contribution in [2.45, 2.75) is 38.1 Å². The summed E-state index contributed by atoms with van der Waals surface area (Å²) in [7, 11) is 2.03. The standard InChI is InChI=1S/C15H21N3/c1-18-15-9-5-4-8-13(15)14(17-18)11-12-7-3-2-6-10-16-12/h4-5,8-9,12,16H,2-3,6-7,10-11H2,1H3. The largest absolute Gasteiger partial charge is 0.314 e. The molecule has 2 heterocycles. The zero-order chi connectivity index (χ0) is 12.4. The van der Waals surface area contributed by atoms with Gasteiger partial charge in [0.25, 0.3) is 0 Å². The highest BCUT2D eigenvalue weighted by Crippen LogP contribution is 2.20. The van der Waals surface area contributed by atoms with E-state index in [0.717, 1.165) is 13.0 Å². The van der Waals surface area contributed by atoms with Gasteiger partial charge in [0.1, 0.15) is 0 Å². The summed E-state index contributed by atoms with van der Waals surface area (Å²) in [5.41, 5.74) is 2.48. The highest BCUT2D eigenvalue weighted by molar-refractivity contribution is 5.81. The summed E-state index contributed by atoms with van der Waals surface area (Å²) in [6.45, 7) is 1.16. The van der Waals surface area contributed by atoms with E-state index < -0.39 is 0 Å². The molecule has 0 amide bonds. The molecule has 0 radical (unpaired) electrons. The van der Waals surface area contributed by atoms with Gasteiger partial charge >= 0.3 is 0 Å². The van der Waals surface area contributed by atoms with E-state index in [1.807, 2.05) is 11.7 Å². The van der Waals surface area contributed by atoms with Gasteiger partial charge in [-0.25, -0.2) is 0 Å². The van der Waals surface area contributed by atoms with Gasteiger partial charge in [0, 0.05) is 24.9 Å². The number of nitrogens with zero attached hydrogens (tertiary/aromatic N) is 2. The van der Waals surface area contributed by atoms with Gasteiger partial charge in [0.15, 0.2) is 0 Å². The lowest BCUT2D eigenvalue weighted by Crippen LogP contribution is -2.30. The molecule has 1 atom stereocenters. The van der Waals surface area contributed by atoms with E-state index in [9.17, 15) is 0 Å². The number of benzene rings is 1. The molecule has 2 aromatic rings. The third kappa shape index (κ3) is 2.27. The predicted octanol–water partition coefficient (Wildman–Crippen LogP) is 2.65. The lowest BCUT2D eigenvalue weighted by molar-refractivity contribution is 0.501. The lowest BCUT2D eigenvalue weighted by Gasteiger charge is -2.14. The van der Waals surface area contributed by atoms with Crippen LogP contribution in [0.3, 0.4) is 0 Å². The third-order valence-corrected chi connectivity index (χ3v) is 3.94. The first kappa shape index (κ1) is 11.7. The number of hydrogen-bond donors (Lipinski definition) is 1. The van der Waals surface area contributed by atoms with Gasteiger partial charge < -0.3 is 5.32 Å². The molecule has 1 aliphatic rings. The van der Waals surface area contributed by atoms with Crippen LogP contribution in [-0.2, 0) is 13.5 Å². The van der Waals surface area contributed by atoms with Crippen molar-refractivity contribution in [3.05, 3.63) is 30.0 Å². The Morgan fingerprint density at radius 3 is 3.11 bits per heavy atom. The second-order valence-corrected chi connectivity index (χ2v) is 5.29. The number of fused-ring (bicyclic) bond motifs is 1. The molecule has 1 fully saturated rings. The molecule has 1 aromatic heterocycles. The molecule has 3 nitrogen and oxygen atoms in total. The summed E-state index contributed by atoms with van der Waals surface area (Å²) in [4.78, 5) is 0. The summed E-state index contributed by atoms with van der Waals surface area (Å²) < 4.78 is 2.00. The smallest absolute Gasteiger partial charge is 0.0718 e. The fourth-order valence-corrected chi connectivity index (χ4v) is 2.95. The molecular formula is C15H21N3. The van der Waals surface area contributed by atoms with Crippen LogP contribution < -0.4 is 5.32 Å². The summed E-state index contributed by atoms with van der Waals surface area (Å²) in [6, 6.07) is 9.12. The van der Waals surface area contributed by atoms with Gasteiger partial charge in [0.2, 0.25) is 0 Å². The number of aromatic nitrogens is 2. The van der Waals surface area contributed by atoms with Gasteiger partial charge in [-0.1, -0.05) is 31.0 Å². The highest BCUT2D eigenvalue weighted by Gasteiger charge is 2.16. The Morgan fingerprint density at radius 1 is 1.28 bits per heavy atom. The van der Waals surface area contributed by atoms with E-state index in [0.29, 0.717) is 6.04 Å². The third-order valence-electron chi connectivity index (χ3n) is 3.94. The van der Waals surface area contributed by atoms with Crippen LogP contribution in [0.4, 0.5) is 0 Å². The Kier molecular flexibility index (Phi) is 3.33. The zero-order valence-electron chi connectivity index (χ0n) is 11.0. The van der Waals surface area contributed by atoms with Gasteiger partial charge in [-0.05, 0) is 25.5 Å². The van der Waals surface area contributed by atoms with Crippen molar-refractivity contribution >= 4 is 10.9 Å². The molecule has 18 heavy (non-hydrogen) atoms. The fraction of sp³-hybridized carbons (Fsp3) is 0.533. The molecule has 3 heteroatoms. The van der Waals surface area contributed by atoms with Crippen LogP contribution in [0, 0.1) is 0 Å². The first-order valence-electron chi connectivity index (χ1n) is 6.98. The summed E-state index contributed by atoms with van der Waals surface area (Å²) in [6.07, 6.45) is 6.38. The van der Waals surface area contributed by atoms with Gasteiger partial charge in [-0.2, -0.15) is 5.10 Å². The topological polar surface area (TPSA) is 29.9 Å². The minimum atomic E-state index is 0.603. The zero-order valence-corrected chi connectivity index (χ0v) is 11.0. The first-order valence-corrected chi connectivity index (χ1v) is 6.98. The predicted molar refractivity (Wildman–Crippen MR) is 74.7 cm³/mol.